The number of phenols is 1. The Bertz CT molecular complexity index is 1190. The van der Waals surface area contributed by atoms with E-state index in [0.717, 1.165) is 19.3 Å². The lowest BCUT2D eigenvalue weighted by molar-refractivity contribution is 0.0933. The number of aromatic hydroxyl groups is 1. The second-order valence-corrected chi connectivity index (χ2v) is 11.2. The number of nitrogens with zero attached hydrogens (tertiary/aromatic N) is 2. The Morgan fingerprint density at radius 1 is 0.971 bits per heavy atom. The summed E-state index contributed by atoms with van der Waals surface area (Å²) in [5, 5.41) is 19.9. The summed E-state index contributed by atoms with van der Waals surface area (Å²) in [5.41, 5.74) is 3.12. The monoisotopic (exact) mass is 473 g/mol. The molecule has 184 valence electrons. The number of aromatic nitrogens is 2. The summed E-state index contributed by atoms with van der Waals surface area (Å²) in [5.74, 6) is 0.620. The third-order valence-electron chi connectivity index (χ3n) is 5.93. The lowest BCUT2D eigenvalue weighted by Gasteiger charge is -2.33. The first kappa shape index (κ1) is 24.5. The Kier molecular flexibility index (Phi) is 6.70. The number of para-hydroxylation sites is 2. The molecule has 1 amide bonds. The van der Waals surface area contributed by atoms with Crippen molar-refractivity contribution >= 4 is 23.4 Å². The van der Waals surface area contributed by atoms with Crippen LogP contribution in [-0.4, -0.2) is 32.6 Å². The summed E-state index contributed by atoms with van der Waals surface area (Å²) < 4.78 is 0. The molecule has 0 aliphatic heterocycles. The molecular formula is C28H35N5O2. The van der Waals surface area contributed by atoms with Crippen molar-refractivity contribution in [3.8, 4) is 5.75 Å². The first-order chi connectivity index (χ1) is 16.5. The SMILES string of the molecule is CC(C)(C)CC(C)(C)Nc1cc(C(=O)NC2Cc3ccccc3C2)nc(Nc2ccccc2O)n1. The fraction of sp³-hybridized carbons (Fsp3) is 0.393. The van der Waals surface area contributed by atoms with Gasteiger partial charge in [-0.3, -0.25) is 4.79 Å². The van der Waals surface area contributed by atoms with E-state index in [0.29, 0.717) is 11.5 Å². The summed E-state index contributed by atoms with van der Waals surface area (Å²) >= 11 is 0. The van der Waals surface area contributed by atoms with Crippen LogP contribution in [0.4, 0.5) is 17.5 Å². The van der Waals surface area contributed by atoms with E-state index in [4.69, 9.17) is 0 Å². The van der Waals surface area contributed by atoms with E-state index < -0.39 is 0 Å². The number of amides is 1. The van der Waals surface area contributed by atoms with Gasteiger partial charge in [-0.15, -0.1) is 0 Å². The van der Waals surface area contributed by atoms with Crippen LogP contribution in [0.5, 0.6) is 5.75 Å². The van der Waals surface area contributed by atoms with Crippen LogP contribution in [0.15, 0.2) is 54.6 Å². The van der Waals surface area contributed by atoms with E-state index in [9.17, 15) is 9.90 Å². The molecule has 0 bridgehead atoms. The van der Waals surface area contributed by atoms with Crippen LogP contribution >= 0.6 is 0 Å². The van der Waals surface area contributed by atoms with Gasteiger partial charge in [0.05, 0.1) is 5.69 Å². The van der Waals surface area contributed by atoms with Gasteiger partial charge in [0, 0.05) is 17.6 Å². The second-order valence-electron chi connectivity index (χ2n) is 11.2. The number of hydrogen-bond donors (Lipinski definition) is 4. The third-order valence-corrected chi connectivity index (χ3v) is 5.93. The van der Waals surface area contributed by atoms with Crippen molar-refractivity contribution in [1.29, 1.82) is 0 Å². The average Bonchev–Trinajstić information content (AvgIpc) is 3.15. The molecule has 7 heteroatoms. The van der Waals surface area contributed by atoms with Crippen LogP contribution < -0.4 is 16.0 Å². The van der Waals surface area contributed by atoms with E-state index in [1.165, 1.54) is 11.1 Å². The normalized spacial score (nSPS) is 13.9. The van der Waals surface area contributed by atoms with Crippen LogP contribution in [0.2, 0.25) is 0 Å². The molecule has 0 fully saturated rings. The molecule has 1 aliphatic carbocycles. The number of carbonyl (C=O) groups is 1. The summed E-state index contributed by atoms with van der Waals surface area (Å²) in [7, 11) is 0. The van der Waals surface area contributed by atoms with Crippen molar-refractivity contribution in [2.75, 3.05) is 10.6 Å². The van der Waals surface area contributed by atoms with Crippen LogP contribution in [0, 0.1) is 5.41 Å². The molecule has 7 nitrogen and oxygen atoms in total. The maximum absolute atomic E-state index is 13.3. The van der Waals surface area contributed by atoms with Crippen molar-refractivity contribution in [2.24, 2.45) is 5.41 Å². The number of hydrogen-bond acceptors (Lipinski definition) is 6. The van der Waals surface area contributed by atoms with E-state index in [1.54, 1.807) is 24.3 Å². The minimum Gasteiger partial charge on any atom is -0.506 e. The molecule has 1 aliphatic rings. The Hall–Kier alpha value is -3.61. The minimum atomic E-state index is -0.264. The molecule has 4 N–H and O–H groups in total. The van der Waals surface area contributed by atoms with Crippen molar-refractivity contribution in [3.05, 3.63) is 71.4 Å². The first-order valence-corrected chi connectivity index (χ1v) is 12.1. The highest BCUT2D eigenvalue weighted by molar-refractivity contribution is 5.93. The Labute approximate surface area is 207 Å². The molecule has 0 saturated carbocycles. The fourth-order valence-corrected chi connectivity index (χ4v) is 5.02. The van der Waals surface area contributed by atoms with Gasteiger partial charge < -0.3 is 21.1 Å². The summed E-state index contributed by atoms with van der Waals surface area (Å²) in [6, 6.07) is 16.9. The lowest BCUT2D eigenvalue weighted by atomic mass is 9.82. The number of benzene rings is 2. The molecular weight excluding hydrogens is 438 g/mol. The van der Waals surface area contributed by atoms with Gasteiger partial charge in [-0.25, -0.2) is 4.98 Å². The van der Waals surface area contributed by atoms with E-state index in [2.05, 4.69) is 72.7 Å². The highest BCUT2D eigenvalue weighted by Crippen LogP contribution is 2.30. The fourth-order valence-electron chi connectivity index (χ4n) is 5.02. The molecule has 1 aromatic heterocycles. The van der Waals surface area contributed by atoms with Gasteiger partial charge >= 0.3 is 0 Å². The number of fused-ring (bicyclic) bond motifs is 1. The zero-order valence-corrected chi connectivity index (χ0v) is 21.1. The van der Waals surface area contributed by atoms with Crippen LogP contribution in [0.3, 0.4) is 0 Å². The minimum absolute atomic E-state index is 0.0261. The van der Waals surface area contributed by atoms with Crippen molar-refractivity contribution in [1.82, 2.24) is 15.3 Å². The topological polar surface area (TPSA) is 99.2 Å². The van der Waals surface area contributed by atoms with Crippen molar-refractivity contribution < 1.29 is 9.90 Å². The van der Waals surface area contributed by atoms with Crippen molar-refractivity contribution in [2.45, 2.75) is 65.5 Å². The molecule has 1 heterocycles. The molecule has 4 rings (SSSR count). The van der Waals surface area contributed by atoms with Gasteiger partial charge in [0.15, 0.2) is 0 Å². The quantitative estimate of drug-likeness (QED) is 0.341. The number of carbonyl (C=O) groups excluding carboxylic acids is 1. The zero-order valence-electron chi connectivity index (χ0n) is 21.1. The third kappa shape index (κ3) is 6.50. The molecule has 3 aromatic rings. The zero-order chi connectivity index (χ0) is 25.2. The first-order valence-electron chi connectivity index (χ1n) is 12.1. The molecule has 0 saturated heterocycles. The predicted octanol–water partition coefficient (Wildman–Crippen LogP) is 5.45. The van der Waals surface area contributed by atoms with Crippen LogP contribution in [-0.2, 0) is 12.8 Å². The van der Waals surface area contributed by atoms with Crippen LogP contribution in [0.1, 0.15) is 62.7 Å². The van der Waals surface area contributed by atoms with E-state index in [1.807, 2.05) is 18.2 Å². The van der Waals surface area contributed by atoms with Crippen molar-refractivity contribution in [3.63, 3.8) is 0 Å². The maximum Gasteiger partial charge on any atom is 0.270 e. The summed E-state index contributed by atoms with van der Waals surface area (Å²) in [6.07, 6.45) is 2.51. The lowest BCUT2D eigenvalue weighted by Crippen LogP contribution is -2.37. The maximum atomic E-state index is 13.3. The standard InChI is InChI=1S/C28H35N5O2/c1-27(2,3)17-28(4,5)33-24-16-22(31-26(32-24)30-21-12-8-9-13-23(21)34)25(35)29-20-14-18-10-6-7-11-19(18)15-20/h6-13,16,20,34H,14-15,17H2,1-5H3,(H,29,35)(H2,30,31,32,33). The second kappa shape index (κ2) is 9.56. The number of phenolic OH excluding ortho intramolecular Hbond substituents is 1. The molecule has 0 atom stereocenters. The summed E-state index contributed by atoms with van der Waals surface area (Å²) in [6.45, 7) is 10.8. The number of rotatable bonds is 7. The van der Waals surface area contributed by atoms with Gasteiger partial charge in [0.2, 0.25) is 5.95 Å². The molecule has 0 unspecified atom stereocenters. The van der Waals surface area contributed by atoms with Gasteiger partial charge in [0.25, 0.3) is 5.91 Å². The highest BCUT2D eigenvalue weighted by Gasteiger charge is 2.27. The largest absolute Gasteiger partial charge is 0.506 e. The van der Waals surface area contributed by atoms with E-state index in [-0.39, 0.29) is 40.3 Å². The highest BCUT2D eigenvalue weighted by atomic mass is 16.3. The molecule has 35 heavy (non-hydrogen) atoms. The van der Waals surface area contributed by atoms with Gasteiger partial charge in [-0.05, 0) is 61.8 Å². The van der Waals surface area contributed by atoms with E-state index >= 15 is 0 Å². The molecule has 2 aromatic carbocycles. The van der Waals surface area contributed by atoms with Gasteiger partial charge in [-0.1, -0.05) is 57.2 Å². The van der Waals surface area contributed by atoms with Crippen LogP contribution in [0.25, 0.3) is 0 Å². The molecule has 0 radical (unpaired) electrons. The number of anilines is 3. The smallest absolute Gasteiger partial charge is 0.270 e. The number of nitrogens with one attached hydrogen (secondary N) is 3. The Morgan fingerprint density at radius 3 is 2.23 bits per heavy atom. The van der Waals surface area contributed by atoms with Gasteiger partial charge in [-0.2, -0.15) is 4.98 Å². The Morgan fingerprint density at radius 2 is 1.60 bits per heavy atom. The van der Waals surface area contributed by atoms with Gasteiger partial charge in [0.1, 0.15) is 17.3 Å². The Balaban J connectivity index is 1.59. The molecule has 0 spiro atoms. The summed E-state index contributed by atoms with van der Waals surface area (Å²) in [4.78, 5) is 22.4. The average molecular weight is 474 g/mol. The predicted molar refractivity (Wildman–Crippen MR) is 140 cm³/mol.